The van der Waals surface area contributed by atoms with Gasteiger partial charge in [-0.3, -0.25) is 0 Å². The second-order valence-corrected chi connectivity index (χ2v) is 4.56. The van der Waals surface area contributed by atoms with Crippen molar-refractivity contribution in [2.24, 2.45) is 5.73 Å². The molecule has 19 heavy (non-hydrogen) atoms. The highest BCUT2D eigenvalue weighted by atomic mass is 19.4. The maximum absolute atomic E-state index is 12.1. The number of nitrogens with zero attached hydrogens (tertiary/aromatic N) is 2. The monoisotopic (exact) mass is 275 g/mol. The van der Waals surface area contributed by atoms with E-state index in [-0.39, 0.29) is 11.9 Å². The molecule has 7 heteroatoms. The number of ether oxygens (including phenoxy) is 1. The van der Waals surface area contributed by atoms with E-state index >= 15 is 0 Å². The van der Waals surface area contributed by atoms with Crippen LogP contribution in [-0.4, -0.2) is 36.9 Å². The Balaban J connectivity index is 1.99. The number of piperidine rings is 1. The largest absolute Gasteiger partial charge is 0.468 e. The molecule has 4 nitrogen and oxygen atoms in total. The molecule has 1 aliphatic heterocycles. The van der Waals surface area contributed by atoms with Crippen LogP contribution in [0.3, 0.4) is 0 Å². The average molecular weight is 275 g/mol. The third-order valence-corrected chi connectivity index (χ3v) is 2.96. The van der Waals surface area contributed by atoms with E-state index < -0.39 is 12.8 Å². The standard InChI is InChI=1S/C12H16F3N3O/c13-12(14,15)8-19-11-3-1-2-10(17-11)18-6-4-9(16)5-7-18/h1-3,9H,4-8,16H2. The van der Waals surface area contributed by atoms with Gasteiger partial charge in [0.1, 0.15) is 5.82 Å². The normalized spacial score (nSPS) is 17.6. The molecule has 2 rings (SSSR count). The molecule has 2 N–H and O–H groups in total. The van der Waals surface area contributed by atoms with Crippen LogP contribution in [0.1, 0.15) is 12.8 Å². The molecule has 2 heterocycles. The Bertz CT molecular complexity index is 417. The van der Waals surface area contributed by atoms with Crippen LogP contribution in [0.4, 0.5) is 19.0 Å². The zero-order valence-electron chi connectivity index (χ0n) is 10.4. The van der Waals surface area contributed by atoms with E-state index in [9.17, 15) is 13.2 Å². The Kier molecular flexibility index (Phi) is 4.14. The van der Waals surface area contributed by atoms with Gasteiger partial charge in [-0.2, -0.15) is 18.2 Å². The molecule has 1 aliphatic rings. The predicted molar refractivity (Wildman–Crippen MR) is 65.2 cm³/mol. The molecular formula is C12H16F3N3O. The minimum absolute atomic E-state index is 0.00954. The van der Waals surface area contributed by atoms with Crippen LogP contribution in [0.2, 0.25) is 0 Å². The van der Waals surface area contributed by atoms with E-state index in [0.717, 1.165) is 25.9 Å². The highest BCUT2D eigenvalue weighted by Crippen LogP contribution is 2.21. The summed E-state index contributed by atoms with van der Waals surface area (Å²) in [5, 5.41) is 0. The van der Waals surface area contributed by atoms with Crippen molar-refractivity contribution in [1.82, 2.24) is 4.98 Å². The van der Waals surface area contributed by atoms with E-state index in [1.165, 1.54) is 6.07 Å². The number of hydrogen-bond donors (Lipinski definition) is 1. The van der Waals surface area contributed by atoms with E-state index in [1.807, 2.05) is 4.90 Å². The number of alkyl halides is 3. The third kappa shape index (κ3) is 4.27. The molecule has 0 saturated carbocycles. The van der Waals surface area contributed by atoms with Gasteiger partial charge in [0.2, 0.25) is 5.88 Å². The smallest absolute Gasteiger partial charge is 0.422 e. The van der Waals surface area contributed by atoms with Crippen molar-refractivity contribution >= 4 is 5.82 Å². The first-order valence-corrected chi connectivity index (χ1v) is 6.11. The number of hydrogen-bond acceptors (Lipinski definition) is 4. The van der Waals surface area contributed by atoms with Crippen molar-refractivity contribution in [3.63, 3.8) is 0 Å². The summed E-state index contributed by atoms with van der Waals surface area (Å²) in [4.78, 5) is 6.09. The van der Waals surface area contributed by atoms with Gasteiger partial charge in [0.15, 0.2) is 6.61 Å². The van der Waals surface area contributed by atoms with Gasteiger partial charge in [-0.15, -0.1) is 0 Å². The molecule has 1 aromatic heterocycles. The van der Waals surface area contributed by atoms with Crippen LogP contribution in [0.15, 0.2) is 18.2 Å². The highest BCUT2D eigenvalue weighted by Gasteiger charge is 2.28. The van der Waals surface area contributed by atoms with Gasteiger partial charge >= 0.3 is 6.18 Å². The zero-order chi connectivity index (χ0) is 13.9. The minimum Gasteiger partial charge on any atom is -0.468 e. The lowest BCUT2D eigenvalue weighted by Gasteiger charge is -2.31. The van der Waals surface area contributed by atoms with Crippen molar-refractivity contribution < 1.29 is 17.9 Å². The molecule has 0 aliphatic carbocycles. The summed E-state index contributed by atoms with van der Waals surface area (Å²) in [6.45, 7) is 0.197. The molecule has 106 valence electrons. The summed E-state index contributed by atoms with van der Waals surface area (Å²) < 4.78 is 40.8. The molecule has 0 bridgehead atoms. The first kappa shape index (κ1) is 13.9. The quantitative estimate of drug-likeness (QED) is 0.916. The number of rotatable bonds is 3. The maximum Gasteiger partial charge on any atom is 0.422 e. The fourth-order valence-corrected chi connectivity index (χ4v) is 1.94. The summed E-state index contributed by atoms with van der Waals surface area (Å²) in [6.07, 6.45) is -2.64. The van der Waals surface area contributed by atoms with Gasteiger partial charge in [-0.05, 0) is 18.9 Å². The predicted octanol–water partition coefficient (Wildman–Crippen LogP) is 1.95. The molecule has 1 aromatic rings. The van der Waals surface area contributed by atoms with Crippen LogP contribution < -0.4 is 15.4 Å². The van der Waals surface area contributed by atoms with E-state index in [1.54, 1.807) is 12.1 Å². The maximum atomic E-state index is 12.1. The summed E-state index contributed by atoms with van der Waals surface area (Å²) >= 11 is 0. The van der Waals surface area contributed by atoms with Gasteiger partial charge in [-0.25, -0.2) is 0 Å². The summed E-state index contributed by atoms with van der Waals surface area (Å²) in [5.74, 6) is 0.622. The SMILES string of the molecule is NC1CCN(c2cccc(OCC(F)(F)F)n2)CC1. The fourth-order valence-electron chi connectivity index (χ4n) is 1.94. The number of aromatic nitrogens is 1. The van der Waals surface area contributed by atoms with Crippen LogP contribution >= 0.6 is 0 Å². The third-order valence-electron chi connectivity index (χ3n) is 2.96. The second kappa shape index (κ2) is 5.64. The van der Waals surface area contributed by atoms with Crippen molar-refractivity contribution in [2.75, 3.05) is 24.6 Å². The first-order valence-electron chi connectivity index (χ1n) is 6.11. The van der Waals surface area contributed by atoms with Gasteiger partial charge in [0, 0.05) is 25.2 Å². The zero-order valence-corrected chi connectivity index (χ0v) is 10.4. The van der Waals surface area contributed by atoms with Gasteiger partial charge in [-0.1, -0.05) is 6.07 Å². The minimum atomic E-state index is -4.35. The summed E-state index contributed by atoms with van der Waals surface area (Å²) in [7, 11) is 0. The molecule has 0 radical (unpaired) electrons. The lowest BCUT2D eigenvalue weighted by atomic mass is 10.1. The van der Waals surface area contributed by atoms with Crippen molar-refractivity contribution in [2.45, 2.75) is 25.1 Å². The first-order chi connectivity index (χ1) is 8.94. The molecule has 1 fully saturated rings. The highest BCUT2D eigenvalue weighted by molar-refractivity contribution is 5.41. The molecular weight excluding hydrogens is 259 g/mol. The molecule has 1 saturated heterocycles. The molecule has 0 amide bonds. The van der Waals surface area contributed by atoms with Gasteiger partial charge in [0.25, 0.3) is 0 Å². The summed E-state index contributed by atoms with van der Waals surface area (Å²) in [6, 6.07) is 5.02. The van der Waals surface area contributed by atoms with E-state index in [4.69, 9.17) is 5.73 Å². The molecule has 0 atom stereocenters. The number of nitrogens with two attached hydrogens (primary N) is 1. The molecule has 0 unspecified atom stereocenters. The fraction of sp³-hybridized carbons (Fsp3) is 0.583. The van der Waals surface area contributed by atoms with Gasteiger partial charge < -0.3 is 15.4 Å². The van der Waals surface area contributed by atoms with Crippen LogP contribution in [0.25, 0.3) is 0 Å². The topological polar surface area (TPSA) is 51.4 Å². The van der Waals surface area contributed by atoms with Crippen molar-refractivity contribution in [1.29, 1.82) is 0 Å². The van der Waals surface area contributed by atoms with E-state index in [2.05, 4.69) is 9.72 Å². The summed E-state index contributed by atoms with van der Waals surface area (Å²) in [5.41, 5.74) is 5.80. The lowest BCUT2D eigenvalue weighted by Crippen LogP contribution is -2.40. The lowest BCUT2D eigenvalue weighted by molar-refractivity contribution is -0.154. The van der Waals surface area contributed by atoms with Crippen molar-refractivity contribution in [3.8, 4) is 5.88 Å². The molecule has 0 aromatic carbocycles. The van der Waals surface area contributed by atoms with E-state index in [0.29, 0.717) is 5.82 Å². The molecule has 0 spiro atoms. The number of pyridine rings is 1. The van der Waals surface area contributed by atoms with Crippen LogP contribution in [0.5, 0.6) is 5.88 Å². The van der Waals surface area contributed by atoms with Crippen molar-refractivity contribution in [3.05, 3.63) is 18.2 Å². The Labute approximate surface area is 109 Å². The Morgan fingerprint density at radius 1 is 1.32 bits per heavy atom. The average Bonchev–Trinajstić information content (AvgIpc) is 2.37. The number of halogens is 3. The van der Waals surface area contributed by atoms with Gasteiger partial charge in [0.05, 0.1) is 0 Å². The Hall–Kier alpha value is -1.50. The van der Waals surface area contributed by atoms with Crippen LogP contribution in [-0.2, 0) is 0 Å². The van der Waals surface area contributed by atoms with Crippen LogP contribution in [0, 0.1) is 0 Å². The second-order valence-electron chi connectivity index (χ2n) is 4.56. The number of anilines is 1. The Morgan fingerprint density at radius 3 is 2.63 bits per heavy atom. The Morgan fingerprint density at radius 2 is 2.00 bits per heavy atom.